The van der Waals surface area contributed by atoms with Gasteiger partial charge in [0.1, 0.15) is 6.04 Å². The highest BCUT2D eigenvalue weighted by Crippen LogP contribution is 2.21. The maximum absolute atomic E-state index is 12.0. The molecule has 1 aromatic heterocycles. The fourth-order valence-electron chi connectivity index (χ4n) is 1.66. The molecule has 1 fully saturated rings. The molecule has 20 heavy (non-hydrogen) atoms. The molecule has 1 amide bonds. The Kier molecular flexibility index (Phi) is 5.85. The van der Waals surface area contributed by atoms with Crippen molar-refractivity contribution in [1.29, 1.82) is 0 Å². The van der Waals surface area contributed by atoms with E-state index < -0.39 is 0 Å². The van der Waals surface area contributed by atoms with Gasteiger partial charge in [0.05, 0.1) is 6.04 Å². The second-order valence-electron chi connectivity index (χ2n) is 5.71. The van der Waals surface area contributed by atoms with Gasteiger partial charge in [0.2, 0.25) is 11.8 Å². The molecule has 2 atom stereocenters. The van der Waals surface area contributed by atoms with E-state index >= 15 is 0 Å². The Morgan fingerprint density at radius 3 is 2.75 bits per heavy atom. The molecule has 2 heterocycles. The summed E-state index contributed by atoms with van der Waals surface area (Å²) in [6.07, 6.45) is 0. The van der Waals surface area contributed by atoms with Crippen LogP contribution in [0.3, 0.4) is 0 Å². The maximum Gasteiger partial charge on any atom is 0.248 e. The van der Waals surface area contributed by atoms with E-state index in [-0.39, 0.29) is 35.8 Å². The van der Waals surface area contributed by atoms with E-state index in [1.807, 2.05) is 27.7 Å². The van der Waals surface area contributed by atoms with Crippen molar-refractivity contribution in [2.24, 2.45) is 0 Å². The molecule has 0 spiro atoms. The molecule has 1 aliphatic heterocycles. The summed E-state index contributed by atoms with van der Waals surface area (Å²) in [4.78, 5) is 16.3. The first-order valence-corrected chi connectivity index (χ1v) is 7.49. The lowest BCUT2D eigenvalue weighted by Gasteiger charge is -2.14. The third-order valence-corrected chi connectivity index (χ3v) is 3.81. The normalized spacial score (nSPS) is 20.3. The summed E-state index contributed by atoms with van der Waals surface area (Å²) in [6.45, 7) is 7.90. The summed E-state index contributed by atoms with van der Waals surface area (Å²) in [6, 6.07) is -0.402. The summed E-state index contributed by atoms with van der Waals surface area (Å²) >= 11 is 1.72. The van der Waals surface area contributed by atoms with Crippen LogP contribution in [0.1, 0.15) is 45.5 Å². The zero-order chi connectivity index (χ0) is 14.0. The van der Waals surface area contributed by atoms with Crippen LogP contribution in [0.5, 0.6) is 0 Å². The number of nitrogens with one attached hydrogen (secondary N) is 2. The van der Waals surface area contributed by atoms with Crippen LogP contribution in [0.15, 0.2) is 4.52 Å². The van der Waals surface area contributed by atoms with Gasteiger partial charge >= 0.3 is 0 Å². The van der Waals surface area contributed by atoms with E-state index in [4.69, 9.17) is 4.52 Å². The van der Waals surface area contributed by atoms with Crippen molar-refractivity contribution in [3.8, 4) is 0 Å². The third kappa shape index (κ3) is 4.10. The topological polar surface area (TPSA) is 80.0 Å². The molecule has 0 aromatic carbocycles. The van der Waals surface area contributed by atoms with Crippen LogP contribution in [0.25, 0.3) is 0 Å². The lowest BCUT2D eigenvalue weighted by atomic mass is 9.96. The Morgan fingerprint density at radius 2 is 2.25 bits per heavy atom. The molecule has 6 nitrogen and oxygen atoms in total. The van der Waals surface area contributed by atoms with Crippen LogP contribution in [-0.2, 0) is 10.2 Å². The highest BCUT2D eigenvalue weighted by molar-refractivity contribution is 7.99. The average molecular weight is 321 g/mol. The summed E-state index contributed by atoms with van der Waals surface area (Å²) in [5, 5.41) is 9.97. The average Bonchev–Trinajstić information content (AvgIpc) is 3.00. The molecule has 1 aromatic rings. The molecular weight excluding hydrogens is 300 g/mol. The minimum Gasteiger partial charge on any atom is -0.343 e. The van der Waals surface area contributed by atoms with Crippen molar-refractivity contribution in [3.63, 3.8) is 0 Å². The number of hydrogen-bond acceptors (Lipinski definition) is 6. The number of hydrogen-bond donors (Lipinski definition) is 2. The van der Waals surface area contributed by atoms with Crippen molar-refractivity contribution in [2.75, 3.05) is 11.6 Å². The van der Waals surface area contributed by atoms with E-state index in [2.05, 4.69) is 20.8 Å². The number of aromatic nitrogens is 2. The quantitative estimate of drug-likeness (QED) is 0.881. The van der Waals surface area contributed by atoms with Gasteiger partial charge in [-0.2, -0.15) is 4.98 Å². The fourth-order valence-corrected chi connectivity index (χ4v) is 2.60. The highest BCUT2D eigenvalue weighted by Gasteiger charge is 2.27. The Bertz CT molecular complexity index is 455. The van der Waals surface area contributed by atoms with Gasteiger partial charge in [-0.3, -0.25) is 10.1 Å². The fraction of sp³-hybridized carbons (Fsp3) is 0.750. The van der Waals surface area contributed by atoms with E-state index in [0.717, 1.165) is 11.6 Å². The van der Waals surface area contributed by atoms with Crippen molar-refractivity contribution in [2.45, 2.75) is 45.2 Å². The van der Waals surface area contributed by atoms with Gasteiger partial charge < -0.3 is 9.84 Å². The van der Waals surface area contributed by atoms with Crippen molar-refractivity contribution in [1.82, 2.24) is 20.8 Å². The van der Waals surface area contributed by atoms with Crippen molar-refractivity contribution >= 4 is 30.1 Å². The second-order valence-corrected chi connectivity index (χ2v) is 6.74. The second kappa shape index (κ2) is 6.78. The lowest BCUT2D eigenvalue weighted by molar-refractivity contribution is -0.123. The first-order valence-electron chi connectivity index (χ1n) is 6.33. The number of amides is 1. The smallest absolute Gasteiger partial charge is 0.248 e. The molecule has 0 saturated carbocycles. The molecule has 0 radical (unpaired) electrons. The van der Waals surface area contributed by atoms with Crippen LogP contribution in [0, 0.1) is 0 Å². The minimum absolute atomic E-state index is 0. The number of halogens is 1. The first-order chi connectivity index (χ1) is 8.88. The zero-order valence-electron chi connectivity index (χ0n) is 12.1. The minimum atomic E-state index is -0.275. The molecule has 0 bridgehead atoms. The monoisotopic (exact) mass is 320 g/mol. The van der Waals surface area contributed by atoms with E-state index in [9.17, 15) is 4.79 Å². The predicted molar refractivity (Wildman–Crippen MR) is 81.1 cm³/mol. The van der Waals surface area contributed by atoms with Gasteiger partial charge in [-0.1, -0.05) is 25.9 Å². The summed E-state index contributed by atoms with van der Waals surface area (Å²) < 4.78 is 5.22. The van der Waals surface area contributed by atoms with Gasteiger partial charge in [-0.05, 0) is 6.92 Å². The summed E-state index contributed by atoms with van der Waals surface area (Å²) in [7, 11) is 0. The first kappa shape index (κ1) is 17.3. The molecule has 1 saturated heterocycles. The van der Waals surface area contributed by atoms with Crippen molar-refractivity contribution in [3.05, 3.63) is 11.7 Å². The molecule has 2 N–H and O–H groups in total. The van der Waals surface area contributed by atoms with E-state index in [1.54, 1.807) is 11.8 Å². The lowest BCUT2D eigenvalue weighted by Crippen LogP contribution is -2.43. The van der Waals surface area contributed by atoms with Gasteiger partial charge in [-0.15, -0.1) is 24.2 Å². The number of thioether (sulfide) groups is 1. The maximum atomic E-state index is 12.0. The van der Waals surface area contributed by atoms with E-state index in [0.29, 0.717) is 11.7 Å². The Labute approximate surface area is 129 Å². The molecule has 8 heteroatoms. The van der Waals surface area contributed by atoms with Crippen LogP contribution in [-0.4, -0.2) is 33.7 Å². The molecule has 2 rings (SSSR count). The predicted octanol–water partition coefficient (Wildman–Crippen LogP) is 1.63. The van der Waals surface area contributed by atoms with Crippen LogP contribution >= 0.6 is 24.2 Å². The van der Waals surface area contributed by atoms with Crippen molar-refractivity contribution < 1.29 is 9.32 Å². The number of nitrogens with zero attached hydrogens (tertiary/aromatic N) is 2. The summed E-state index contributed by atoms with van der Waals surface area (Å²) in [5.41, 5.74) is -0.158. The van der Waals surface area contributed by atoms with E-state index in [1.165, 1.54) is 0 Å². The van der Waals surface area contributed by atoms with Gasteiger partial charge in [-0.25, -0.2) is 0 Å². The van der Waals surface area contributed by atoms with Gasteiger partial charge in [0, 0.05) is 17.0 Å². The Balaban J connectivity index is 0.00000200. The summed E-state index contributed by atoms with van der Waals surface area (Å²) in [5.74, 6) is 2.70. The van der Waals surface area contributed by atoms with Crippen LogP contribution in [0.2, 0.25) is 0 Å². The standard InChI is InChI=1S/C12H20N4O2S.ClH/c1-7(14-9(17)8-5-19-6-13-8)10-15-11(16-18-10)12(2,3)4;/h7-8,13H,5-6H2,1-4H3,(H,14,17);1H. The van der Waals surface area contributed by atoms with Crippen LogP contribution < -0.4 is 10.6 Å². The molecule has 1 aliphatic rings. The number of carbonyl (C=O) groups excluding carboxylic acids is 1. The number of rotatable bonds is 3. The number of carbonyl (C=O) groups is 1. The zero-order valence-corrected chi connectivity index (χ0v) is 13.7. The Morgan fingerprint density at radius 1 is 1.55 bits per heavy atom. The SMILES string of the molecule is CC(NC(=O)C1CSCN1)c1nc(C(C)(C)C)no1.Cl. The molecular formula is C12H21ClN4O2S. The highest BCUT2D eigenvalue weighted by atomic mass is 35.5. The molecule has 0 aliphatic carbocycles. The third-order valence-electron chi connectivity index (χ3n) is 2.87. The molecule has 114 valence electrons. The Hall–Kier alpha value is -0.790. The largest absolute Gasteiger partial charge is 0.343 e. The van der Waals surface area contributed by atoms with Gasteiger partial charge in [0.25, 0.3) is 0 Å². The van der Waals surface area contributed by atoms with Crippen LogP contribution in [0.4, 0.5) is 0 Å². The molecule has 2 unspecified atom stereocenters. The van der Waals surface area contributed by atoms with Gasteiger partial charge in [0.15, 0.2) is 5.82 Å².